The average molecular weight is 334 g/mol. The van der Waals surface area contributed by atoms with Gasteiger partial charge in [-0.1, -0.05) is 40.2 Å². The summed E-state index contributed by atoms with van der Waals surface area (Å²) in [7, 11) is 0. The molecule has 0 saturated carbocycles. The minimum Gasteiger partial charge on any atom is -0.303 e. The van der Waals surface area contributed by atoms with Crippen LogP contribution in [-0.4, -0.2) is 0 Å². The van der Waals surface area contributed by atoms with Crippen LogP contribution in [0.3, 0.4) is 0 Å². The molecule has 0 spiro atoms. The van der Waals surface area contributed by atoms with Gasteiger partial charge in [-0.15, -0.1) is 0 Å². The Kier molecular flexibility index (Phi) is 3.90. The number of aryl methyl sites for hydroxylation is 1. The van der Waals surface area contributed by atoms with Crippen LogP contribution in [0.25, 0.3) is 0 Å². The normalized spacial score (nSPS) is 18.9. The van der Waals surface area contributed by atoms with Crippen molar-refractivity contribution in [2.75, 3.05) is 0 Å². The molecule has 1 unspecified atom stereocenters. The summed E-state index contributed by atoms with van der Waals surface area (Å²) >= 11 is 3.51. The first-order valence-corrected chi connectivity index (χ1v) is 7.73. The number of hydrogen-bond acceptors (Lipinski definition) is 1. The van der Waals surface area contributed by atoms with Gasteiger partial charge < -0.3 is 5.32 Å². The monoisotopic (exact) mass is 333 g/mol. The summed E-state index contributed by atoms with van der Waals surface area (Å²) in [6, 6.07) is 13.7. The summed E-state index contributed by atoms with van der Waals surface area (Å²) < 4.78 is 14.9. The molecule has 20 heavy (non-hydrogen) atoms. The number of nitrogens with one attached hydrogen (secondary N) is 1. The molecule has 0 amide bonds. The van der Waals surface area contributed by atoms with Crippen LogP contribution in [0.15, 0.2) is 46.9 Å². The molecule has 0 saturated heterocycles. The van der Waals surface area contributed by atoms with E-state index < -0.39 is 0 Å². The second-order valence-electron chi connectivity index (χ2n) is 5.34. The summed E-state index contributed by atoms with van der Waals surface area (Å²) in [6.07, 6.45) is 2.15. The molecule has 1 nitrogen and oxygen atoms in total. The summed E-state index contributed by atoms with van der Waals surface area (Å²) in [5.74, 6) is -0.137. The fourth-order valence-electron chi connectivity index (χ4n) is 2.98. The third-order valence-corrected chi connectivity index (χ3v) is 4.50. The summed E-state index contributed by atoms with van der Waals surface area (Å²) in [6.45, 7) is 2.02. The van der Waals surface area contributed by atoms with E-state index in [-0.39, 0.29) is 11.9 Å². The van der Waals surface area contributed by atoms with E-state index in [0.29, 0.717) is 6.04 Å². The largest absolute Gasteiger partial charge is 0.303 e. The van der Waals surface area contributed by atoms with Gasteiger partial charge in [0.1, 0.15) is 5.82 Å². The number of fused-ring (bicyclic) bond motifs is 1. The number of benzene rings is 2. The van der Waals surface area contributed by atoms with Crippen LogP contribution < -0.4 is 5.32 Å². The molecule has 104 valence electrons. The van der Waals surface area contributed by atoms with Crippen molar-refractivity contribution in [1.29, 1.82) is 0 Å². The molecular weight excluding hydrogens is 317 g/mol. The first kappa shape index (κ1) is 13.8. The van der Waals surface area contributed by atoms with Gasteiger partial charge >= 0.3 is 0 Å². The van der Waals surface area contributed by atoms with Crippen molar-refractivity contribution in [2.24, 2.45) is 0 Å². The fraction of sp³-hybridized carbons (Fsp3) is 0.294. The van der Waals surface area contributed by atoms with Gasteiger partial charge in [0.25, 0.3) is 0 Å². The lowest BCUT2D eigenvalue weighted by molar-refractivity contribution is 0.450. The molecule has 0 fully saturated rings. The van der Waals surface area contributed by atoms with Crippen molar-refractivity contribution in [3.05, 3.63) is 69.4 Å². The van der Waals surface area contributed by atoms with E-state index in [1.807, 2.05) is 19.1 Å². The summed E-state index contributed by atoms with van der Waals surface area (Å²) in [4.78, 5) is 0. The van der Waals surface area contributed by atoms with E-state index >= 15 is 0 Å². The Balaban J connectivity index is 1.79. The highest BCUT2D eigenvalue weighted by Gasteiger charge is 2.24. The molecule has 2 aromatic carbocycles. The van der Waals surface area contributed by atoms with Gasteiger partial charge in [-0.05, 0) is 49.1 Å². The molecule has 1 N–H and O–H groups in total. The maximum absolute atomic E-state index is 13.8. The van der Waals surface area contributed by atoms with Gasteiger partial charge in [0.15, 0.2) is 0 Å². The summed E-state index contributed by atoms with van der Waals surface area (Å²) in [5, 5.41) is 3.56. The SMILES string of the molecule is C[C@@H](NC1CCc2cc(Br)ccc21)c1ccccc1F. The van der Waals surface area contributed by atoms with Gasteiger partial charge in [0.05, 0.1) is 0 Å². The van der Waals surface area contributed by atoms with Crippen LogP contribution >= 0.6 is 15.9 Å². The molecule has 1 aliphatic rings. The minimum atomic E-state index is -0.137. The molecule has 0 aromatic heterocycles. The highest BCUT2D eigenvalue weighted by atomic mass is 79.9. The van der Waals surface area contributed by atoms with E-state index in [1.54, 1.807) is 6.07 Å². The second-order valence-corrected chi connectivity index (χ2v) is 6.26. The van der Waals surface area contributed by atoms with Crippen molar-refractivity contribution in [3.8, 4) is 0 Å². The Morgan fingerprint density at radius 3 is 2.85 bits per heavy atom. The fourth-order valence-corrected chi connectivity index (χ4v) is 3.39. The first-order valence-electron chi connectivity index (χ1n) is 6.94. The van der Waals surface area contributed by atoms with E-state index in [9.17, 15) is 4.39 Å². The third-order valence-electron chi connectivity index (χ3n) is 4.01. The Morgan fingerprint density at radius 1 is 1.25 bits per heavy atom. The molecule has 1 aliphatic carbocycles. The minimum absolute atomic E-state index is 0.01000. The molecule has 0 radical (unpaired) electrons. The van der Waals surface area contributed by atoms with E-state index in [0.717, 1.165) is 22.9 Å². The molecule has 3 heteroatoms. The van der Waals surface area contributed by atoms with Gasteiger partial charge in [0.2, 0.25) is 0 Å². The van der Waals surface area contributed by atoms with E-state index in [2.05, 4.69) is 39.4 Å². The Hall–Kier alpha value is -1.19. The Bertz CT molecular complexity index is 626. The summed E-state index contributed by atoms with van der Waals surface area (Å²) in [5.41, 5.74) is 3.46. The van der Waals surface area contributed by atoms with Crippen LogP contribution in [0, 0.1) is 5.82 Å². The predicted octanol–water partition coefficient (Wildman–Crippen LogP) is 4.93. The lowest BCUT2D eigenvalue weighted by Gasteiger charge is -2.21. The standard InChI is InChI=1S/C17H17BrFN/c1-11(14-4-2-3-5-16(14)19)20-17-9-6-12-10-13(18)7-8-15(12)17/h2-5,7-8,10-11,17,20H,6,9H2,1H3/t11-,17?/m1/s1. The lowest BCUT2D eigenvalue weighted by atomic mass is 10.0. The highest BCUT2D eigenvalue weighted by molar-refractivity contribution is 9.10. The topological polar surface area (TPSA) is 12.0 Å². The maximum Gasteiger partial charge on any atom is 0.127 e. The molecule has 0 heterocycles. The van der Waals surface area contributed by atoms with E-state index in [4.69, 9.17) is 0 Å². The zero-order valence-electron chi connectivity index (χ0n) is 11.4. The molecule has 0 bridgehead atoms. The quantitative estimate of drug-likeness (QED) is 0.839. The molecular formula is C17H17BrFN. The van der Waals surface area contributed by atoms with Crippen molar-refractivity contribution in [3.63, 3.8) is 0 Å². The third kappa shape index (κ3) is 2.65. The second kappa shape index (κ2) is 5.66. The zero-order chi connectivity index (χ0) is 14.1. The van der Waals surface area contributed by atoms with Crippen molar-refractivity contribution in [1.82, 2.24) is 5.32 Å². The smallest absolute Gasteiger partial charge is 0.127 e. The average Bonchev–Trinajstić information content (AvgIpc) is 2.81. The lowest BCUT2D eigenvalue weighted by Crippen LogP contribution is -2.23. The van der Waals surface area contributed by atoms with E-state index in [1.165, 1.54) is 17.2 Å². The highest BCUT2D eigenvalue weighted by Crippen LogP contribution is 2.34. The number of halogens is 2. The first-order chi connectivity index (χ1) is 9.65. The molecule has 3 rings (SSSR count). The number of rotatable bonds is 3. The Labute approximate surface area is 127 Å². The molecule has 2 atom stereocenters. The van der Waals surface area contributed by atoms with Gasteiger partial charge in [0, 0.05) is 22.1 Å². The predicted molar refractivity (Wildman–Crippen MR) is 83.2 cm³/mol. The Morgan fingerprint density at radius 2 is 2.05 bits per heavy atom. The van der Waals surface area contributed by atoms with Crippen LogP contribution in [0.1, 0.15) is 42.1 Å². The van der Waals surface area contributed by atoms with Crippen LogP contribution in [-0.2, 0) is 6.42 Å². The van der Waals surface area contributed by atoms with Crippen molar-refractivity contribution < 1.29 is 4.39 Å². The van der Waals surface area contributed by atoms with Crippen molar-refractivity contribution in [2.45, 2.75) is 31.8 Å². The van der Waals surface area contributed by atoms with Crippen molar-refractivity contribution >= 4 is 15.9 Å². The maximum atomic E-state index is 13.8. The number of hydrogen-bond donors (Lipinski definition) is 1. The van der Waals surface area contributed by atoms with Crippen LogP contribution in [0.4, 0.5) is 4.39 Å². The van der Waals surface area contributed by atoms with Gasteiger partial charge in [-0.3, -0.25) is 0 Å². The zero-order valence-corrected chi connectivity index (χ0v) is 13.0. The van der Waals surface area contributed by atoms with Gasteiger partial charge in [-0.2, -0.15) is 0 Å². The molecule has 2 aromatic rings. The van der Waals surface area contributed by atoms with Crippen LogP contribution in [0.5, 0.6) is 0 Å². The van der Waals surface area contributed by atoms with Crippen LogP contribution in [0.2, 0.25) is 0 Å². The molecule has 0 aliphatic heterocycles. The van der Waals surface area contributed by atoms with Gasteiger partial charge in [-0.25, -0.2) is 4.39 Å².